The van der Waals surface area contributed by atoms with Crippen LogP contribution in [0.4, 0.5) is 0 Å². The van der Waals surface area contributed by atoms with Crippen LogP contribution in [0.3, 0.4) is 0 Å². The minimum absolute atomic E-state index is 0.0869. The van der Waals surface area contributed by atoms with E-state index in [1.165, 1.54) is 0 Å². The van der Waals surface area contributed by atoms with E-state index in [4.69, 9.17) is 16.9 Å². The van der Waals surface area contributed by atoms with Gasteiger partial charge in [0, 0.05) is 12.8 Å². The molecular weight excluding hydrogens is 144 g/mol. The molecule has 1 amide bonds. The molecular formula is C6H12N4O. The summed E-state index contributed by atoms with van der Waals surface area (Å²) in [6.45, 7) is 1.58. The van der Waals surface area contributed by atoms with Crippen molar-refractivity contribution in [2.75, 3.05) is 0 Å². The average Bonchev–Trinajstić information content (AvgIpc) is 1.82. The number of nitrogens with two attached hydrogens (primary N) is 2. The van der Waals surface area contributed by atoms with E-state index in [0.29, 0.717) is 5.84 Å². The van der Waals surface area contributed by atoms with Gasteiger partial charge < -0.3 is 11.5 Å². The van der Waals surface area contributed by atoms with Crippen molar-refractivity contribution in [2.45, 2.75) is 19.8 Å². The Labute approximate surface area is 65.0 Å². The first kappa shape index (κ1) is 9.61. The van der Waals surface area contributed by atoms with E-state index < -0.39 is 5.91 Å². The van der Waals surface area contributed by atoms with Gasteiger partial charge in [0.1, 0.15) is 5.84 Å². The second-order valence-electron chi connectivity index (χ2n) is 2.17. The predicted octanol–water partition coefficient (Wildman–Crippen LogP) is -0.394. The fourth-order valence-corrected chi connectivity index (χ4v) is 0.510. The SMILES string of the molecule is CC(N)=NC(=N)CCC(N)=O. The van der Waals surface area contributed by atoms with Gasteiger partial charge in [0.2, 0.25) is 5.91 Å². The molecule has 0 aliphatic carbocycles. The Kier molecular flexibility index (Phi) is 3.87. The summed E-state index contributed by atoms with van der Waals surface area (Å²) in [5.41, 5.74) is 10.0. The van der Waals surface area contributed by atoms with E-state index in [1.807, 2.05) is 0 Å². The fourth-order valence-electron chi connectivity index (χ4n) is 0.510. The van der Waals surface area contributed by atoms with Gasteiger partial charge in [0.05, 0.1) is 5.84 Å². The highest BCUT2D eigenvalue weighted by molar-refractivity contribution is 5.94. The number of primary amides is 1. The molecule has 0 aromatic rings. The quantitative estimate of drug-likeness (QED) is 0.382. The van der Waals surface area contributed by atoms with E-state index >= 15 is 0 Å². The summed E-state index contributed by atoms with van der Waals surface area (Å²) in [5, 5.41) is 7.14. The number of aliphatic imine (C=N–C) groups is 1. The molecule has 0 unspecified atom stereocenters. The molecule has 5 heteroatoms. The summed E-state index contributed by atoms with van der Waals surface area (Å²) in [6.07, 6.45) is 0.402. The third-order valence-corrected chi connectivity index (χ3v) is 0.920. The third-order valence-electron chi connectivity index (χ3n) is 0.920. The van der Waals surface area contributed by atoms with Crippen LogP contribution in [0.1, 0.15) is 19.8 Å². The molecule has 0 saturated carbocycles. The Hall–Kier alpha value is -1.39. The zero-order valence-electron chi connectivity index (χ0n) is 6.42. The molecule has 0 bridgehead atoms. The molecule has 0 saturated heterocycles. The summed E-state index contributed by atoms with van der Waals surface area (Å²) in [5.74, 6) is -0.0251. The predicted molar refractivity (Wildman–Crippen MR) is 43.5 cm³/mol. The molecule has 11 heavy (non-hydrogen) atoms. The molecule has 0 heterocycles. The summed E-state index contributed by atoms with van der Waals surface area (Å²) in [4.78, 5) is 13.9. The number of amidine groups is 2. The minimum Gasteiger partial charge on any atom is -0.387 e. The first-order valence-corrected chi connectivity index (χ1v) is 3.19. The molecule has 0 rings (SSSR count). The molecule has 0 aromatic carbocycles. The Morgan fingerprint density at radius 2 is 2.00 bits per heavy atom. The lowest BCUT2D eigenvalue weighted by Gasteiger charge is -1.94. The summed E-state index contributed by atoms with van der Waals surface area (Å²) in [7, 11) is 0. The Bertz CT molecular complexity index is 193. The number of hydrogen-bond acceptors (Lipinski definition) is 2. The lowest BCUT2D eigenvalue weighted by atomic mass is 10.3. The fraction of sp³-hybridized carbons (Fsp3) is 0.500. The van der Waals surface area contributed by atoms with Crippen molar-refractivity contribution in [3.8, 4) is 0 Å². The van der Waals surface area contributed by atoms with Crippen LogP contribution in [0.15, 0.2) is 4.99 Å². The van der Waals surface area contributed by atoms with Crippen molar-refractivity contribution in [1.82, 2.24) is 0 Å². The molecule has 0 fully saturated rings. The maximum atomic E-state index is 10.2. The monoisotopic (exact) mass is 156 g/mol. The van der Waals surface area contributed by atoms with Gasteiger partial charge in [-0.25, -0.2) is 4.99 Å². The number of nitrogens with zero attached hydrogens (tertiary/aromatic N) is 1. The van der Waals surface area contributed by atoms with Crippen LogP contribution < -0.4 is 11.5 Å². The average molecular weight is 156 g/mol. The number of hydrogen-bond donors (Lipinski definition) is 3. The summed E-state index contributed by atoms with van der Waals surface area (Å²) >= 11 is 0. The van der Waals surface area contributed by atoms with Gasteiger partial charge in [-0.1, -0.05) is 0 Å². The van der Waals surface area contributed by atoms with E-state index in [9.17, 15) is 4.79 Å². The van der Waals surface area contributed by atoms with E-state index in [-0.39, 0.29) is 18.7 Å². The highest BCUT2D eigenvalue weighted by Crippen LogP contribution is 1.91. The van der Waals surface area contributed by atoms with E-state index in [2.05, 4.69) is 4.99 Å². The number of carbonyl (C=O) groups excluding carboxylic acids is 1. The Morgan fingerprint density at radius 3 is 2.36 bits per heavy atom. The lowest BCUT2D eigenvalue weighted by Crippen LogP contribution is -2.13. The Balaban J connectivity index is 3.71. The van der Waals surface area contributed by atoms with Gasteiger partial charge in [0.15, 0.2) is 0 Å². The van der Waals surface area contributed by atoms with Gasteiger partial charge in [0.25, 0.3) is 0 Å². The normalized spacial score (nSPS) is 11.2. The molecule has 0 atom stereocenters. The second-order valence-corrected chi connectivity index (χ2v) is 2.17. The number of amides is 1. The molecule has 5 nitrogen and oxygen atoms in total. The van der Waals surface area contributed by atoms with Gasteiger partial charge >= 0.3 is 0 Å². The molecule has 0 radical (unpaired) electrons. The van der Waals surface area contributed by atoms with Crippen molar-refractivity contribution in [1.29, 1.82) is 5.41 Å². The van der Waals surface area contributed by atoms with Crippen LogP contribution in [-0.4, -0.2) is 17.6 Å². The topological polar surface area (TPSA) is 105 Å². The molecule has 5 N–H and O–H groups in total. The maximum Gasteiger partial charge on any atom is 0.217 e. The molecule has 62 valence electrons. The van der Waals surface area contributed by atoms with Gasteiger partial charge in [-0.05, 0) is 6.92 Å². The molecule has 0 spiro atoms. The third kappa shape index (κ3) is 6.50. The van der Waals surface area contributed by atoms with Gasteiger partial charge in [-0.3, -0.25) is 10.2 Å². The van der Waals surface area contributed by atoms with Crippen molar-refractivity contribution in [2.24, 2.45) is 16.5 Å². The zero-order valence-corrected chi connectivity index (χ0v) is 6.42. The van der Waals surface area contributed by atoms with Crippen molar-refractivity contribution < 1.29 is 4.79 Å². The van der Waals surface area contributed by atoms with Gasteiger partial charge in [-0.15, -0.1) is 0 Å². The summed E-state index contributed by atoms with van der Waals surface area (Å²) in [6, 6.07) is 0. The van der Waals surface area contributed by atoms with Crippen LogP contribution in [0.25, 0.3) is 0 Å². The highest BCUT2D eigenvalue weighted by atomic mass is 16.1. The van der Waals surface area contributed by atoms with Gasteiger partial charge in [-0.2, -0.15) is 0 Å². The van der Waals surface area contributed by atoms with Crippen molar-refractivity contribution >= 4 is 17.6 Å². The summed E-state index contributed by atoms with van der Waals surface area (Å²) < 4.78 is 0. The van der Waals surface area contributed by atoms with E-state index in [1.54, 1.807) is 6.92 Å². The number of nitrogens with one attached hydrogen (secondary N) is 1. The Morgan fingerprint density at radius 1 is 1.45 bits per heavy atom. The second kappa shape index (κ2) is 4.43. The minimum atomic E-state index is -0.431. The first-order chi connectivity index (χ1) is 5.02. The standard InChI is InChI=1S/C6H12N4O/c1-4(7)10-5(8)2-3-6(9)11/h2-3H2,1H3,(H2,9,11)(H3,7,8,10). The molecule has 0 aliphatic heterocycles. The van der Waals surface area contributed by atoms with Crippen molar-refractivity contribution in [3.63, 3.8) is 0 Å². The highest BCUT2D eigenvalue weighted by Gasteiger charge is 1.97. The van der Waals surface area contributed by atoms with Crippen LogP contribution in [-0.2, 0) is 4.79 Å². The van der Waals surface area contributed by atoms with Crippen LogP contribution in [0, 0.1) is 5.41 Å². The lowest BCUT2D eigenvalue weighted by molar-refractivity contribution is -0.117. The largest absolute Gasteiger partial charge is 0.387 e. The zero-order chi connectivity index (χ0) is 8.85. The first-order valence-electron chi connectivity index (χ1n) is 3.19. The number of carbonyl (C=O) groups is 1. The smallest absolute Gasteiger partial charge is 0.217 e. The van der Waals surface area contributed by atoms with Crippen LogP contribution >= 0.6 is 0 Å². The number of rotatable bonds is 3. The van der Waals surface area contributed by atoms with Crippen LogP contribution in [0.5, 0.6) is 0 Å². The maximum absolute atomic E-state index is 10.2. The van der Waals surface area contributed by atoms with Crippen LogP contribution in [0.2, 0.25) is 0 Å². The molecule has 0 aliphatic rings. The van der Waals surface area contributed by atoms with Crippen molar-refractivity contribution in [3.05, 3.63) is 0 Å². The van der Waals surface area contributed by atoms with E-state index in [0.717, 1.165) is 0 Å². The molecule has 0 aromatic heterocycles.